The summed E-state index contributed by atoms with van der Waals surface area (Å²) < 4.78 is 39.6. The highest BCUT2D eigenvalue weighted by Gasteiger charge is 2.19. The number of nitrogens with one attached hydrogen (secondary N) is 1. The molecule has 0 amide bonds. The van der Waals surface area contributed by atoms with Gasteiger partial charge in [0.1, 0.15) is 11.5 Å². The maximum atomic E-state index is 14.1. The highest BCUT2D eigenvalue weighted by molar-refractivity contribution is 5.48. The Balaban J connectivity index is 1.52. The van der Waals surface area contributed by atoms with Gasteiger partial charge in [-0.15, -0.1) is 0 Å². The number of aromatic nitrogens is 2. The van der Waals surface area contributed by atoms with Gasteiger partial charge in [-0.1, -0.05) is 12.1 Å². The van der Waals surface area contributed by atoms with E-state index in [1.54, 1.807) is 6.20 Å². The van der Waals surface area contributed by atoms with Gasteiger partial charge < -0.3 is 14.8 Å². The number of halogens is 2. The number of fused-ring (bicyclic) bond motifs is 1. The second-order valence-electron chi connectivity index (χ2n) is 6.45. The standard InChI is InChI=1S/C20H19F2N3O2/c1-12(23-9-14-4-3-5-19-20(14)27-11-26-19)16-10-24-25(13(16)2)18-7-6-15(21)8-17(18)22/h3-8,10,12,23H,9,11H2,1-2H3/t12-/m1/s1. The van der Waals surface area contributed by atoms with Crippen molar-refractivity contribution in [3.63, 3.8) is 0 Å². The zero-order valence-electron chi connectivity index (χ0n) is 15.0. The quantitative estimate of drug-likeness (QED) is 0.735. The lowest BCUT2D eigenvalue weighted by Crippen LogP contribution is -2.19. The first-order chi connectivity index (χ1) is 13.0. The number of rotatable bonds is 5. The third-order valence-corrected chi connectivity index (χ3v) is 4.73. The van der Waals surface area contributed by atoms with Gasteiger partial charge in [0.15, 0.2) is 17.3 Å². The van der Waals surface area contributed by atoms with E-state index in [2.05, 4.69) is 10.4 Å². The molecule has 0 saturated heterocycles. The molecule has 1 N–H and O–H groups in total. The Morgan fingerprint density at radius 3 is 2.89 bits per heavy atom. The Morgan fingerprint density at radius 1 is 1.22 bits per heavy atom. The summed E-state index contributed by atoms with van der Waals surface area (Å²) in [7, 11) is 0. The first-order valence-electron chi connectivity index (χ1n) is 8.65. The average molecular weight is 371 g/mol. The van der Waals surface area contributed by atoms with Crippen LogP contribution in [0.15, 0.2) is 42.6 Å². The van der Waals surface area contributed by atoms with Crippen molar-refractivity contribution in [2.24, 2.45) is 0 Å². The molecule has 4 rings (SSSR count). The minimum Gasteiger partial charge on any atom is -0.454 e. The summed E-state index contributed by atoms with van der Waals surface area (Å²) >= 11 is 0. The minimum absolute atomic E-state index is 0.0274. The molecule has 5 nitrogen and oxygen atoms in total. The number of para-hydroxylation sites is 1. The monoisotopic (exact) mass is 371 g/mol. The minimum atomic E-state index is -0.648. The van der Waals surface area contributed by atoms with E-state index >= 15 is 0 Å². The Labute approximate surface area is 155 Å². The maximum absolute atomic E-state index is 14.1. The van der Waals surface area contributed by atoms with Crippen LogP contribution in [0.3, 0.4) is 0 Å². The summed E-state index contributed by atoms with van der Waals surface area (Å²) in [4.78, 5) is 0. The Morgan fingerprint density at radius 2 is 2.07 bits per heavy atom. The second-order valence-corrected chi connectivity index (χ2v) is 6.45. The van der Waals surface area contributed by atoms with Gasteiger partial charge in [-0.2, -0.15) is 5.10 Å². The number of hydrogen-bond donors (Lipinski definition) is 1. The van der Waals surface area contributed by atoms with Crippen LogP contribution in [0.25, 0.3) is 5.69 Å². The van der Waals surface area contributed by atoms with Gasteiger partial charge in [0.05, 0.1) is 6.20 Å². The molecular formula is C20H19F2N3O2. The van der Waals surface area contributed by atoms with Crippen molar-refractivity contribution in [1.82, 2.24) is 15.1 Å². The summed E-state index contributed by atoms with van der Waals surface area (Å²) in [6, 6.07) is 9.22. The summed E-state index contributed by atoms with van der Waals surface area (Å²) in [5.74, 6) is 0.249. The molecule has 140 valence electrons. The van der Waals surface area contributed by atoms with Crippen molar-refractivity contribution in [2.75, 3.05) is 6.79 Å². The summed E-state index contributed by atoms with van der Waals surface area (Å²) in [6.07, 6.45) is 1.70. The van der Waals surface area contributed by atoms with Crippen molar-refractivity contribution in [3.05, 3.63) is 71.1 Å². The molecule has 27 heavy (non-hydrogen) atoms. The molecule has 1 aromatic heterocycles. The topological polar surface area (TPSA) is 48.3 Å². The lowest BCUT2D eigenvalue weighted by molar-refractivity contribution is 0.173. The van der Waals surface area contributed by atoms with Crippen LogP contribution < -0.4 is 14.8 Å². The van der Waals surface area contributed by atoms with Crippen molar-refractivity contribution < 1.29 is 18.3 Å². The predicted molar refractivity (Wildman–Crippen MR) is 96.0 cm³/mol. The van der Waals surface area contributed by atoms with Gasteiger partial charge in [-0.05, 0) is 32.0 Å². The molecule has 0 bridgehead atoms. The van der Waals surface area contributed by atoms with Crippen LogP contribution in [-0.4, -0.2) is 16.6 Å². The third-order valence-electron chi connectivity index (χ3n) is 4.73. The molecule has 1 atom stereocenters. The van der Waals surface area contributed by atoms with Gasteiger partial charge >= 0.3 is 0 Å². The fourth-order valence-electron chi connectivity index (χ4n) is 3.25. The Kier molecular flexibility index (Phi) is 4.53. The van der Waals surface area contributed by atoms with Crippen LogP contribution in [-0.2, 0) is 6.54 Å². The molecule has 1 aliphatic heterocycles. The number of nitrogens with zero attached hydrogens (tertiary/aromatic N) is 2. The molecule has 0 radical (unpaired) electrons. The van der Waals surface area contributed by atoms with Crippen LogP contribution in [0.4, 0.5) is 8.78 Å². The summed E-state index contributed by atoms with van der Waals surface area (Å²) in [5, 5.41) is 7.71. The predicted octanol–water partition coefficient (Wildman–Crippen LogP) is 4.04. The molecule has 2 aromatic carbocycles. The van der Waals surface area contributed by atoms with Crippen LogP contribution in [0.1, 0.15) is 29.8 Å². The lowest BCUT2D eigenvalue weighted by atomic mass is 10.1. The van der Waals surface area contributed by atoms with E-state index in [4.69, 9.17) is 9.47 Å². The number of benzene rings is 2. The molecular weight excluding hydrogens is 352 g/mol. The molecule has 0 fully saturated rings. The highest BCUT2D eigenvalue weighted by Crippen LogP contribution is 2.35. The summed E-state index contributed by atoms with van der Waals surface area (Å²) in [6.45, 7) is 4.69. The largest absolute Gasteiger partial charge is 0.454 e. The van der Waals surface area contributed by atoms with Gasteiger partial charge in [0.25, 0.3) is 0 Å². The summed E-state index contributed by atoms with van der Waals surface area (Å²) in [5.41, 5.74) is 2.95. The van der Waals surface area contributed by atoms with E-state index in [1.165, 1.54) is 16.8 Å². The fraction of sp³-hybridized carbons (Fsp3) is 0.250. The zero-order valence-corrected chi connectivity index (χ0v) is 15.0. The fourth-order valence-corrected chi connectivity index (χ4v) is 3.25. The number of hydrogen-bond acceptors (Lipinski definition) is 4. The van der Waals surface area contributed by atoms with Crippen molar-refractivity contribution >= 4 is 0 Å². The highest BCUT2D eigenvalue weighted by atomic mass is 19.1. The first-order valence-corrected chi connectivity index (χ1v) is 8.65. The smallest absolute Gasteiger partial charge is 0.231 e. The molecule has 3 aromatic rings. The van der Waals surface area contributed by atoms with Crippen LogP contribution in [0.2, 0.25) is 0 Å². The van der Waals surface area contributed by atoms with Gasteiger partial charge in [0.2, 0.25) is 6.79 Å². The zero-order chi connectivity index (χ0) is 19.0. The van der Waals surface area contributed by atoms with Crippen LogP contribution in [0, 0.1) is 18.6 Å². The van der Waals surface area contributed by atoms with Gasteiger partial charge in [-0.3, -0.25) is 0 Å². The molecule has 0 saturated carbocycles. The first kappa shape index (κ1) is 17.5. The van der Waals surface area contributed by atoms with E-state index in [0.717, 1.165) is 34.4 Å². The molecule has 0 spiro atoms. The molecule has 0 unspecified atom stereocenters. The normalized spacial score (nSPS) is 13.8. The molecule has 2 heterocycles. The Hall–Kier alpha value is -2.93. The molecule has 7 heteroatoms. The van der Waals surface area contributed by atoms with E-state index in [9.17, 15) is 8.78 Å². The Bertz CT molecular complexity index is 987. The van der Waals surface area contributed by atoms with Crippen LogP contribution >= 0.6 is 0 Å². The third kappa shape index (κ3) is 3.26. The van der Waals surface area contributed by atoms with Crippen molar-refractivity contribution in [1.29, 1.82) is 0 Å². The van der Waals surface area contributed by atoms with E-state index < -0.39 is 11.6 Å². The van der Waals surface area contributed by atoms with Crippen molar-refractivity contribution in [3.8, 4) is 17.2 Å². The van der Waals surface area contributed by atoms with Gasteiger partial charge in [-0.25, -0.2) is 13.5 Å². The second kappa shape index (κ2) is 7.00. The van der Waals surface area contributed by atoms with Crippen LogP contribution in [0.5, 0.6) is 11.5 Å². The molecule has 0 aliphatic carbocycles. The lowest BCUT2D eigenvalue weighted by Gasteiger charge is -2.15. The maximum Gasteiger partial charge on any atom is 0.231 e. The SMILES string of the molecule is Cc1c([C@@H](C)NCc2cccc3c2OCO3)cnn1-c1ccc(F)cc1F. The average Bonchev–Trinajstić information content (AvgIpc) is 3.27. The van der Waals surface area contributed by atoms with Crippen molar-refractivity contribution in [2.45, 2.75) is 26.4 Å². The van der Waals surface area contributed by atoms with E-state index in [0.29, 0.717) is 6.54 Å². The molecule has 1 aliphatic rings. The van der Waals surface area contributed by atoms with E-state index in [1.807, 2.05) is 32.0 Å². The van der Waals surface area contributed by atoms with E-state index in [-0.39, 0.29) is 18.5 Å². The number of ether oxygens (including phenoxy) is 2. The van der Waals surface area contributed by atoms with Gasteiger partial charge in [0, 0.05) is 35.5 Å².